The third-order valence-corrected chi connectivity index (χ3v) is 3.98. The monoisotopic (exact) mass is 265 g/mol. The average Bonchev–Trinajstić information content (AvgIpc) is 2.69. The molecular weight excluding hydrogens is 241 g/mol. The Morgan fingerprint density at radius 2 is 1.89 bits per heavy atom. The van der Waals surface area contributed by atoms with E-state index >= 15 is 0 Å². The highest BCUT2D eigenvalue weighted by atomic mass is 19.1. The number of para-hydroxylation sites is 1. The van der Waals surface area contributed by atoms with Crippen LogP contribution < -0.4 is 10.1 Å². The molecule has 19 heavy (non-hydrogen) atoms. The van der Waals surface area contributed by atoms with Crippen molar-refractivity contribution >= 4 is 0 Å². The second kappa shape index (κ2) is 6.90. The van der Waals surface area contributed by atoms with Crippen molar-refractivity contribution in [3.05, 3.63) is 29.6 Å². The van der Waals surface area contributed by atoms with Gasteiger partial charge in [-0.05, 0) is 45.7 Å². The van der Waals surface area contributed by atoms with Crippen molar-refractivity contribution in [2.75, 3.05) is 7.05 Å². The van der Waals surface area contributed by atoms with Crippen LogP contribution in [0.4, 0.5) is 4.39 Å². The Morgan fingerprint density at radius 3 is 2.53 bits per heavy atom. The number of nitrogens with one attached hydrogen (secondary N) is 1. The number of halogens is 1. The predicted molar refractivity (Wildman–Crippen MR) is 76.0 cm³/mol. The number of benzene rings is 1. The zero-order valence-corrected chi connectivity index (χ0v) is 11.9. The van der Waals surface area contributed by atoms with E-state index in [2.05, 4.69) is 5.32 Å². The Bertz CT molecular complexity index is 400. The third kappa shape index (κ3) is 3.69. The summed E-state index contributed by atoms with van der Waals surface area (Å²) in [5.41, 5.74) is 0.909. The van der Waals surface area contributed by atoms with Crippen LogP contribution in [0.15, 0.2) is 18.2 Å². The molecule has 1 aliphatic rings. The SMILES string of the molecule is CNC(C)c1cccc(F)c1OC1CCCCCC1. The zero-order valence-electron chi connectivity index (χ0n) is 11.9. The van der Waals surface area contributed by atoms with Crippen LogP contribution in [0, 0.1) is 5.82 Å². The molecule has 0 radical (unpaired) electrons. The summed E-state index contributed by atoms with van der Waals surface area (Å²) in [5.74, 6) is 0.195. The first-order valence-electron chi connectivity index (χ1n) is 7.34. The van der Waals surface area contributed by atoms with E-state index in [0.29, 0.717) is 5.75 Å². The Hall–Kier alpha value is -1.09. The normalized spacial score (nSPS) is 18.9. The highest BCUT2D eigenvalue weighted by Gasteiger charge is 2.20. The van der Waals surface area contributed by atoms with Gasteiger partial charge < -0.3 is 10.1 Å². The molecule has 0 heterocycles. The van der Waals surface area contributed by atoms with E-state index < -0.39 is 0 Å². The van der Waals surface area contributed by atoms with Crippen LogP contribution in [0.2, 0.25) is 0 Å². The van der Waals surface area contributed by atoms with Crippen molar-refractivity contribution in [3.8, 4) is 5.75 Å². The molecule has 1 unspecified atom stereocenters. The van der Waals surface area contributed by atoms with Crippen LogP contribution in [0.25, 0.3) is 0 Å². The molecule has 1 fully saturated rings. The Balaban J connectivity index is 2.17. The van der Waals surface area contributed by atoms with E-state index in [1.807, 2.05) is 20.0 Å². The largest absolute Gasteiger partial charge is 0.487 e. The minimum Gasteiger partial charge on any atom is -0.487 e. The predicted octanol–water partition coefficient (Wildman–Crippen LogP) is 4.21. The van der Waals surface area contributed by atoms with Crippen molar-refractivity contribution in [3.63, 3.8) is 0 Å². The van der Waals surface area contributed by atoms with Crippen molar-refractivity contribution in [1.82, 2.24) is 5.32 Å². The maximum Gasteiger partial charge on any atom is 0.165 e. The second-order valence-electron chi connectivity index (χ2n) is 5.40. The lowest BCUT2D eigenvalue weighted by Crippen LogP contribution is -2.20. The quantitative estimate of drug-likeness (QED) is 0.823. The molecule has 1 atom stereocenters. The Kier molecular flexibility index (Phi) is 5.20. The molecule has 1 saturated carbocycles. The van der Waals surface area contributed by atoms with Gasteiger partial charge in [0.2, 0.25) is 0 Å². The van der Waals surface area contributed by atoms with Gasteiger partial charge in [0.1, 0.15) is 0 Å². The van der Waals surface area contributed by atoms with E-state index in [1.54, 1.807) is 6.07 Å². The maximum atomic E-state index is 14.1. The lowest BCUT2D eigenvalue weighted by atomic mass is 10.1. The van der Waals surface area contributed by atoms with Crippen molar-refractivity contribution < 1.29 is 9.13 Å². The number of ether oxygens (including phenoxy) is 1. The molecule has 2 nitrogen and oxygen atoms in total. The molecule has 0 amide bonds. The summed E-state index contributed by atoms with van der Waals surface area (Å²) in [6.07, 6.45) is 7.19. The van der Waals surface area contributed by atoms with Gasteiger partial charge in [0, 0.05) is 11.6 Å². The summed E-state index contributed by atoms with van der Waals surface area (Å²) >= 11 is 0. The first-order valence-corrected chi connectivity index (χ1v) is 7.34. The van der Waals surface area contributed by atoms with Crippen molar-refractivity contribution in [2.24, 2.45) is 0 Å². The summed E-state index contributed by atoms with van der Waals surface area (Å²) in [5, 5.41) is 3.15. The van der Waals surface area contributed by atoms with E-state index in [-0.39, 0.29) is 18.0 Å². The minimum atomic E-state index is -0.246. The second-order valence-corrected chi connectivity index (χ2v) is 5.40. The van der Waals surface area contributed by atoms with Crippen molar-refractivity contribution in [2.45, 2.75) is 57.6 Å². The lowest BCUT2D eigenvalue weighted by molar-refractivity contribution is 0.173. The molecule has 1 N–H and O–H groups in total. The first kappa shape index (κ1) is 14.3. The first-order chi connectivity index (χ1) is 9.22. The summed E-state index contributed by atoms with van der Waals surface area (Å²) in [4.78, 5) is 0. The molecule has 0 aliphatic heterocycles. The molecule has 1 aromatic rings. The molecule has 0 aromatic heterocycles. The van der Waals surface area contributed by atoms with E-state index in [0.717, 1.165) is 18.4 Å². The lowest BCUT2D eigenvalue weighted by Gasteiger charge is -2.22. The van der Waals surface area contributed by atoms with Crippen molar-refractivity contribution in [1.29, 1.82) is 0 Å². The van der Waals surface area contributed by atoms with Gasteiger partial charge in [-0.2, -0.15) is 0 Å². The molecule has 106 valence electrons. The highest BCUT2D eigenvalue weighted by Crippen LogP contribution is 2.31. The topological polar surface area (TPSA) is 21.3 Å². The molecule has 3 heteroatoms. The van der Waals surface area contributed by atoms with E-state index in [9.17, 15) is 4.39 Å². The molecule has 1 aliphatic carbocycles. The smallest absolute Gasteiger partial charge is 0.165 e. The zero-order chi connectivity index (χ0) is 13.7. The Labute approximate surface area is 115 Å². The van der Waals surface area contributed by atoms with Gasteiger partial charge in [-0.25, -0.2) is 4.39 Å². The van der Waals surface area contributed by atoms with E-state index in [4.69, 9.17) is 4.74 Å². The molecule has 0 saturated heterocycles. The van der Waals surface area contributed by atoms with Gasteiger partial charge in [-0.1, -0.05) is 25.0 Å². The summed E-state index contributed by atoms with van der Waals surface area (Å²) in [7, 11) is 1.88. The summed E-state index contributed by atoms with van der Waals surface area (Å²) in [6.45, 7) is 2.02. The van der Waals surface area contributed by atoms with Crippen LogP contribution >= 0.6 is 0 Å². The highest BCUT2D eigenvalue weighted by molar-refractivity contribution is 5.37. The fourth-order valence-electron chi connectivity index (χ4n) is 2.67. The third-order valence-electron chi connectivity index (χ3n) is 3.98. The van der Waals surface area contributed by atoms with Crippen LogP contribution in [0.1, 0.15) is 57.1 Å². The fourth-order valence-corrected chi connectivity index (χ4v) is 2.67. The van der Waals surface area contributed by atoms with Crippen LogP contribution in [0.3, 0.4) is 0 Å². The molecule has 0 bridgehead atoms. The molecular formula is C16H24FNO. The van der Waals surface area contributed by atoms with E-state index in [1.165, 1.54) is 31.7 Å². The minimum absolute atomic E-state index is 0.0940. The molecule has 0 spiro atoms. The number of rotatable bonds is 4. The van der Waals surface area contributed by atoms with Gasteiger partial charge in [0.15, 0.2) is 11.6 Å². The van der Waals surface area contributed by atoms with Gasteiger partial charge in [-0.15, -0.1) is 0 Å². The maximum absolute atomic E-state index is 14.1. The van der Waals surface area contributed by atoms with Gasteiger partial charge >= 0.3 is 0 Å². The number of hydrogen-bond donors (Lipinski definition) is 1. The molecule has 1 aromatic carbocycles. The summed E-state index contributed by atoms with van der Waals surface area (Å²) < 4.78 is 20.1. The van der Waals surface area contributed by atoms with Crippen LogP contribution in [-0.2, 0) is 0 Å². The van der Waals surface area contributed by atoms with Crippen LogP contribution in [0.5, 0.6) is 5.75 Å². The van der Waals surface area contributed by atoms with Gasteiger partial charge in [-0.3, -0.25) is 0 Å². The number of hydrogen-bond acceptors (Lipinski definition) is 2. The fraction of sp³-hybridized carbons (Fsp3) is 0.625. The summed E-state index contributed by atoms with van der Waals surface area (Å²) in [6, 6.07) is 5.27. The standard InChI is InChI=1S/C16H24FNO/c1-12(18-2)14-10-7-11-15(17)16(14)19-13-8-5-3-4-6-9-13/h7,10-13,18H,3-6,8-9H2,1-2H3. The van der Waals surface area contributed by atoms with Gasteiger partial charge in [0.25, 0.3) is 0 Å². The van der Waals surface area contributed by atoms with Gasteiger partial charge in [0.05, 0.1) is 6.10 Å². The van der Waals surface area contributed by atoms with Crippen LogP contribution in [-0.4, -0.2) is 13.2 Å². The molecule has 2 rings (SSSR count). The average molecular weight is 265 g/mol. The Morgan fingerprint density at radius 1 is 1.21 bits per heavy atom.